The molecule has 4 rings (SSSR count). The van der Waals surface area contributed by atoms with Crippen molar-refractivity contribution in [3.63, 3.8) is 0 Å². The summed E-state index contributed by atoms with van der Waals surface area (Å²) in [5.74, 6) is 2.95. The first-order valence-electron chi connectivity index (χ1n) is 9.39. The maximum Gasteiger partial charge on any atom is 0.122 e. The van der Waals surface area contributed by atoms with Gasteiger partial charge in [-0.1, -0.05) is 18.2 Å². The number of aromatic nitrogens is 2. The van der Waals surface area contributed by atoms with E-state index in [0.29, 0.717) is 5.92 Å². The molecule has 0 spiro atoms. The van der Waals surface area contributed by atoms with E-state index >= 15 is 0 Å². The van der Waals surface area contributed by atoms with Crippen LogP contribution in [0.15, 0.2) is 36.7 Å². The molecule has 25 heavy (non-hydrogen) atoms. The third-order valence-corrected chi connectivity index (χ3v) is 5.53. The zero-order valence-electron chi connectivity index (χ0n) is 15.1. The number of aryl methyl sites for hydroxylation is 1. The van der Waals surface area contributed by atoms with E-state index in [1.54, 1.807) is 0 Å². The molecule has 0 aliphatic carbocycles. The van der Waals surface area contributed by atoms with E-state index in [1.165, 1.54) is 12.1 Å². The van der Waals surface area contributed by atoms with Crippen LogP contribution in [-0.4, -0.2) is 58.7 Å². The first kappa shape index (κ1) is 16.6. The van der Waals surface area contributed by atoms with Crippen LogP contribution in [0.3, 0.4) is 0 Å². The van der Waals surface area contributed by atoms with Crippen molar-refractivity contribution in [2.75, 3.05) is 39.3 Å². The van der Waals surface area contributed by atoms with E-state index < -0.39 is 0 Å². The molecule has 1 aromatic carbocycles. The van der Waals surface area contributed by atoms with Gasteiger partial charge in [0.1, 0.15) is 11.6 Å². The van der Waals surface area contributed by atoms with Gasteiger partial charge in [0.2, 0.25) is 0 Å². The molecule has 2 aliphatic rings. The summed E-state index contributed by atoms with van der Waals surface area (Å²) in [6, 6.07) is 8.52. The molecule has 1 fully saturated rings. The van der Waals surface area contributed by atoms with Crippen LogP contribution in [-0.2, 0) is 20.0 Å². The minimum Gasteiger partial charge on any atom is -0.493 e. The van der Waals surface area contributed by atoms with Crippen molar-refractivity contribution >= 4 is 0 Å². The number of hydrogen-bond donors (Lipinski definition) is 0. The van der Waals surface area contributed by atoms with Gasteiger partial charge in [0, 0.05) is 52.2 Å². The summed E-state index contributed by atoms with van der Waals surface area (Å²) in [5.41, 5.74) is 1.37. The number of benzene rings is 1. The Balaban J connectivity index is 1.28. The van der Waals surface area contributed by atoms with E-state index in [2.05, 4.69) is 50.7 Å². The molecule has 1 atom stereocenters. The third kappa shape index (κ3) is 4.05. The van der Waals surface area contributed by atoms with Crippen LogP contribution >= 0.6 is 0 Å². The van der Waals surface area contributed by atoms with Gasteiger partial charge in [-0.2, -0.15) is 0 Å². The Morgan fingerprint density at radius 3 is 2.72 bits per heavy atom. The molecule has 5 nitrogen and oxygen atoms in total. The molecule has 0 unspecified atom stereocenters. The third-order valence-electron chi connectivity index (χ3n) is 5.53. The molecule has 1 aromatic heterocycles. The average molecular weight is 340 g/mol. The van der Waals surface area contributed by atoms with E-state index in [4.69, 9.17) is 4.74 Å². The van der Waals surface area contributed by atoms with Crippen LogP contribution in [0.25, 0.3) is 0 Å². The molecule has 0 N–H and O–H groups in total. The average Bonchev–Trinajstić information content (AvgIpc) is 2.91. The molecule has 0 amide bonds. The maximum absolute atomic E-state index is 5.92. The highest BCUT2D eigenvalue weighted by Crippen LogP contribution is 2.27. The Bertz CT molecular complexity index is 691. The van der Waals surface area contributed by atoms with Crippen molar-refractivity contribution in [3.05, 3.63) is 48.0 Å². The molecule has 0 radical (unpaired) electrons. The normalized spacial score (nSPS) is 22.2. The Labute approximate surface area is 150 Å². The SMILES string of the molecule is Cn1ccnc1CN1CCN(C[C@@H]2CCOc3ccccc3C2)CC1. The first-order chi connectivity index (χ1) is 12.3. The summed E-state index contributed by atoms with van der Waals surface area (Å²) in [5, 5.41) is 0. The summed E-state index contributed by atoms with van der Waals surface area (Å²) in [6.45, 7) is 7.57. The lowest BCUT2D eigenvalue weighted by Gasteiger charge is -2.36. The minimum atomic E-state index is 0.699. The summed E-state index contributed by atoms with van der Waals surface area (Å²) in [6.07, 6.45) is 6.21. The zero-order chi connectivity index (χ0) is 17.1. The van der Waals surface area contributed by atoms with Gasteiger partial charge in [0.25, 0.3) is 0 Å². The van der Waals surface area contributed by atoms with E-state index in [9.17, 15) is 0 Å². The number of piperazine rings is 1. The highest BCUT2D eigenvalue weighted by atomic mass is 16.5. The standard InChI is InChI=1S/C20H28N4O/c1-22-8-7-21-20(22)16-24-11-9-23(10-12-24)15-17-6-13-25-19-5-3-2-4-18(19)14-17/h2-5,7-8,17H,6,9-16H2,1H3/t17-/m1/s1. The molecule has 1 saturated heterocycles. The predicted molar refractivity (Wildman–Crippen MR) is 98.7 cm³/mol. The van der Waals surface area contributed by atoms with E-state index in [-0.39, 0.29) is 0 Å². The van der Waals surface area contributed by atoms with Gasteiger partial charge in [-0.15, -0.1) is 0 Å². The highest BCUT2D eigenvalue weighted by Gasteiger charge is 2.23. The molecule has 0 bridgehead atoms. The number of para-hydroxylation sites is 1. The summed E-state index contributed by atoms with van der Waals surface area (Å²) in [7, 11) is 2.07. The molecule has 2 aromatic rings. The van der Waals surface area contributed by atoms with Crippen LogP contribution in [0.5, 0.6) is 5.75 Å². The molecule has 2 aliphatic heterocycles. The Morgan fingerprint density at radius 2 is 1.92 bits per heavy atom. The van der Waals surface area contributed by atoms with Crippen molar-refractivity contribution in [1.29, 1.82) is 0 Å². The predicted octanol–water partition coefficient (Wildman–Crippen LogP) is 2.18. The maximum atomic E-state index is 5.92. The van der Waals surface area contributed by atoms with Crippen molar-refractivity contribution in [2.24, 2.45) is 13.0 Å². The lowest BCUT2D eigenvalue weighted by molar-refractivity contribution is 0.107. The smallest absolute Gasteiger partial charge is 0.122 e. The Morgan fingerprint density at radius 1 is 1.12 bits per heavy atom. The van der Waals surface area contributed by atoms with Crippen LogP contribution in [0, 0.1) is 5.92 Å². The van der Waals surface area contributed by atoms with Gasteiger partial charge in [-0.25, -0.2) is 4.98 Å². The number of ether oxygens (including phenoxy) is 1. The van der Waals surface area contributed by atoms with Gasteiger partial charge >= 0.3 is 0 Å². The quantitative estimate of drug-likeness (QED) is 0.854. The fourth-order valence-corrected chi connectivity index (χ4v) is 3.96. The second kappa shape index (κ2) is 7.58. The molecular formula is C20H28N4O. The molecular weight excluding hydrogens is 312 g/mol. The zero-order valence-corrected chi connectivity index (χ0v) is 15.1. The molecule has 3 heterocycles. The highest BCUT2D eigenvalue weighted by molar-refractivity contribution is 5.34. The van der Waals surface area contributed by atoms with Gasteiger partial charge in [0.05, 0.1) is 13.2 Å². The number of imidazole rings is 1. The second-order valence-electron chi connectivity index (χ2n) is 7.35. The topological polar surface area (TPSA) is 33.5 Å². The minimum absolute atomic E-state index is 0.699. The monoisotopic (exact) mass is 340 g/mol. The lowest BCUT2D eigenvalue weighted by Crippen LogP contribution is -2.47. The van der Waals surface area contributed by atoms with Crippen LogP contribution < -0.4 is 4.74 Å². The van der Waals surface area contributed by atoms with Crippen LogP contribution in [0.1, 0.15) is 17.8 Å². The Hall–Kier alpha value is -1.85. The van der Waals surface area contributed by atoms with E-state index in [0.717, 1.165) is 63.7 Å². The summed E-state index contributed by atoms with van der Waals surface area (Å²) in [4.78, 5) is 9.60. The number of hydrogen-bond acceptors (Lipinski definition) is 4. The van der Waals surface area contributed by atoms with Crippen molar-refractivity contribution in [1.82, 2.24) is 19.4 Å². The summed E-state index contributed by atoms with van der Waals surface area (Å²) < 4.78 is 8.04. The van der Waals surface area contributed by atoms with E-state index in [1.807, 2.05) is 12.4 Å². The molecule has 0 saturated carbocycles. The van der Waals surface area contributed by atoms with Gasteiger partial charge in [-0.05, 0) is 30.4 Å². The summed E-state index contributed by atoms with van der Waals surface area (Å²) >= 11 is 0. The molecule has 5 heteroatoms. The first-order valence-corrected chi connectivity index (χ1v) is 9.39. The van der Waals surface area contributed by atoms with Crippen molar-refractivity contribution in [2.45, 2.75) is 19.4 Å². The van der Waals surface area contributed by atoms with Crippen LogP contribution in [0.2, 0.25) is 0 Å². The number of nitrogens with zero attached hydrogens (tertiary/aromatic N) is 4. The lowest BCUT2D eigenvalue weighted by atomic mass is 9.96. The fourth-order valence-electron chi connectivity index (χ4n) is 3.96. The second-order valence-corrected chi connectivity index (χ2v) is 7.35. The fraction of sp³-hybridized carbons (Fsp3) is 0.550. The van der Waals surface area contributed by atoms with Crippen molar-refractivity contribution in [3.8, 4) is 5.75 Å². The van der Waals surface area contributed by atoms with Gasteiger partial charge in [0.15, 0.2) is 0 Å². The molecule has 134 valence electrons. The van der Waals surface area contributed by atoms with Crippen LogP contribution in [0.4, 0.5) is 0 Å². The van der Waals surface area contributed by atoms with Gasteiger partial charge < -0.3 is 14.2 Å². The number of rotatable bonds is 4. The number of fused-ring (bicyclic) bond motifs is 1. The Kier molecular flexibility index (Phi) is 5.04. The largest absolute Gasteiger partial charge is 0.493 e. The van der Waals surface area contributed by atoms with Gasteiger partial charge in [-0.3, -0.25) is 4.90 Å². The van der Waals surface area contributed by atoms with Crippen molar-refractivity contribution < 1.29 is 4.74 Å².